The average molecular weight is 253 g/mol. The molecule has 4 heteroatoms. The van der Waals surface area contributed by atoms with E-state index >= 15 is 0 Å². The summed E-state index contributed by atoms with van der Waals surface area (Å²) < 4.78 is 11.0. The molecule has 1 aromatic heterocycles. The van der Waals surface area contributed by atoms with Crippen molar-refractivity contribution in [1.82, 2.24) is 0 Å². The molecule has 0 amide bonds. The topological polar surface area (TPSA) is 42.6 Å². The molecule has 1 aromatic carbocycles. The molecule has 3 rings (SSSR count). The zero-order chi connectivity index (χ0) is 11.9. The number of benzene rings is 1. The maximum absolute atomic E-state index is 10.5. The molecule has 1 fully saturated rings. The Hall–Kier alpha value is -1.03. The van der Waals surface area contributed by atoms with Crippen molar-refractivity contribution >= 4 is 22.6 Å². The first kappa shape index (κ1) is 11.1. The Morgan fingerprint density at radius 3 is 2.94 bits per heavy atom. The Balaban J connectivity index is 2.05. The summed E-state index contributed by atoms with van der Waals surface area (Å²) in [7, 11) is 0. The summed E-state index contributed by atoms with van der Waals surface area (Å²) in [5.74, 6) is 0.564. The van der Waals surface area contributed by atoms with Crippen LogP contribution in [0.4, 0.5) is 0 Å². The van der Waals surface area contributed by atoms with E-state index in [4.69, 9.17) is 20.8 Å². The number of aliphatic hydroxyl groups is 1. The van der Waals surface area contributed by atoms with Crippen LogP contribution < -0.4 is 0 Å². The smallest absolute Gasteiger partial charge is 0.145 e. The van der Waals surface area contributed by atoms with Gasteiger partial charge in [0.2, 0.25) is 0 Å². The maximum atomic E-state index is 10.5. The third-order valence-corrected chi connectivity index (χ3v) is 3.39. The van der Waals surface area contributed by atoms with Crippen LogP contribution in [-0.2, 0) is 10.3 Å². The summed E-state index contributed by atoms with van der Waals surface area (Å²) in [6.45, 7) is 0.995. The minimum absolute atomic E-state index is 0.292. The molecule has 0 saturated carbocycles. The molecule has 1 N–H and O–H groups in total. The number of fused-ring (bicyclic) bond motifs is 1. The molecule has 0 spiro atoms. The van der Waals surface area contributed by atoms with E-state index in [-0.39, 0.29) is 0 Å². The first-order chi connectivity index (χ1) is 8.17. The number of halogens is 1. The van der Waals surface area contributed by atoms with Crippen molar-refractivity contribution in [1.29, 1.82) is 0 Å². The van der Waals surface area contributed by atoms with E-state index in [1.54, 1.807) is 6.07 Å². The lowest BCUT2D eigenvalue weighted by molar-refractivity contribution is -0.101. The molecule has 1 atom stereocenters. The van der Waals surface area contributed by atoms with Gasteiger partial charge in [-0.1, -0.05) is 11.6 Å². The van der Waals surface area contributed by atoms with Crippen molar-refractivity contribution < 1.29 is 14.3 Å². The van der Waals surface area contributed by atoms with Gasteiger partial charge in [0.25, 0.3) is 0 Å². The van der Waals surface area contributed by atoms with Gasteiger partial charge in [-0.15, -0.1) is 0 Å². The Morgan fingerprint density at radius 1 is 1.29 bits per heavy atom. The number of rotatable bonds is 1. The van der Waals surface area contributed by atoms with Gasteiger partial charge in [0.05, 0.1) is 6.61 Å². The average Bonchev–Trinajstić information content (AvgIpc) is 2.73. The molecule has 1 unspecified atom stereocenters. The first-order valence-corrected chi connectivity index (χ1v) is 6.05. The van der Waals surface area contributed by atoms with Gasteiger partial charge in [-0.3, -0.25) is 0 Å². The number of hydrogen-bond acceptors (Lipinski definition) is 3. The molecular formula is C13H13ClO3. The molecule has 3 nitrogen and oxygen atoms in total. The van der Waals surface area contributed by atoms with Gasteiger partial charge in [-0.2, -0.15) is 0 Å². The van der Waals surface area contributed by atoms with Crippen molar-refractivity contribution in [3.8, 4) is 0 Å². The Morgan fingerprint density at radius 2 is 2.18 bits per heavy atom. The highest BCUT2D eigenvalue weighted by Crippen LogP contribution is 2.34. The fourth-order valence-corrected chi connectivity index (χ4v) is 2.40. The monoisotopic (exact) mass is 252 g/mol. The summed E-state index contributed by atoms with van der Waals surface area (Å²) in [4.78, 5) is 0. The van der Waals surface area contributed by atoms with Crippen LogP contribution in [0.2, 0.25) is 5.02 Å². The van der Waals surface area contributed by atoms with Crippen LogP contribution in [0.5, 0.6) is 0 Å². The second-order valence-electron chi connectivity index (χ2n) is 4.48. The SMILES string of the molecule is OC1(c2cc3cc(Cl)ccc3o2)CCCOC1. The van der Waals surface area contributed by atoms with Gasteiger partial charge in [-0.05, 0) is 37.1 Å². The van der Waals surface area contributed by atoms with E-state index in [0.29, 0.717) is 30.4 Å². The molecule has 1 aliphatic rings. The minimum Gasteiger partial charge on any atom is -0.458 e. The molecule has 90 valence electrons. The maximum Gasteiger partial charge on any atom is 0.145 e. The highest BCUT2D eigenvalue weighted by atomic mass is 35.5. The lowest BCUT2D eigenvalue weighted by atomic mass is 9.94. The highest BCUT2D eigenvalue weighted by molar-refractivity contribution is 6.31. The van der Waals surface area contributed by atoms with E-state index in [9.17, 15) is 5.11 Å². The van der Waals surface area contributed by atoms with Gasteiger partial charge in [0.15, 0.2) is 0 Å². The van der Waals surface area contributed by atoms with Gasteiger partial charge >= 0.3 is 0 Å². The number of furan rings is 1. The second kappa shape index (κ2) is 4.02. The van der Waals surface area contributed by atoms with E-state index in [1.807, 2.05) is 18.2 Å². The van der Waals surface area contributed by atoms with Crippen LogP contribution in [0.3, 0.4) is 0 Å². The molecule has 2 heterocycles. The molecule has 2 aromatic rings. The summed E-state index contributed by atoms with van der Waals surface area (Å²) in [5.41, 5.74) is -0.257. The van der Waals surface area contributed by atoms with Crippen LogP contribution in [0.1, 0.15) is 18.6 Å². The van der Waals surface area contributed by atoms with Crippen molar-refractivity contribution in [3.05, 3.63) is 35.0 Å². The quantitative estimate of drug-likeness (QED) is 0.848. The second-order valence-corrected chi connectivity index (χ2v) is 4.92. The molecule has 0 aliphatic carbocycles. The Bertz CT molecular complexity index is 541. The predicted octanol–water partition coefficient (Wildman–Crippen LogP) is 3.08. The summed E-state index contributed by atoms with van der Waals surface area (Å²) >= 11 is 5.92. The third kappa shape index (κ3) is 1.95. The number of ether oxygens (including phenoxy) is 1. The predicted molar refractivity (Wildman–Crippen MR) is 65.2 cm³/mol. The highest BCUT2D eigenvalue weighted by Gasteiger charge is 2.35. The lowest BCUT2D eigenvalue weighted by Gasteiger charge is -2.29. The van der Waals surface area contributed by atoms with Gasteiger partial charge in [-0.25, -0.2) is 0 Å². The van der Waals surface area contributed by atoms with Gasteiger partial charge < -0.3 is 14.3 Å². The molecule has 0 radical (unpaired) electrons. The summed E-state index contributed by atoms with van der Waals surface area (Å²) in [6, 6.07) is 7.26. The lowest BCUT2D eigenvalue weighted by Crippen LogP contribution is -2.35. The van der Waals surface area contributed by atoms with E-state index in [0.717, 1.165) is 17.4 Å². The standard InChI is InChI=1S/C13H13ClO3/c14-10-2-3-11-9(6-10)7-12(17-11)13(15)4-1-5-16-8-13/h2-3,6-7,15H,1,4-5,8H2. The van der Waals surface area contributed by atoms with E-state index in [1.165, 1.54) is 0 Å². The zero-order valence-corrected chi connectivity index (χ0v) is 10.0. The van der Waals surface area contributed by atoms with Crippen molar-refractivity contribution in [2.45, 2.75) is 18.4 Å². The molecular weight excluding hydrogens is 240 g/mol. The zero-order valence-electron chi connectivity index (χ0n) is 9.28. The summed E-state index contributed by atoms with van der Waals surface area (Å²) in [6.07, 6.45) is 1.51. The van der Waals surface area contributed by atoms with Gasteiger partial charge in [0.1, 0.15) is 16.9 Å². The fraction of sp³-hybridized carbons (Fsp3) is 0.385. The van der Waals surface area contributed by atoms with Crippen molar-refractivity contribution in [3.63, 3.8) is 0 Å². The van der Waals surface area contributed by atoms with Crippen molar-refractivity contribution in [2.24, 2.45) is 0 Å². The van der Waals surface area contributed by atoms with Crippen LogP contribution in [-0.4, -0.2) is 18.3 Å². The third-order valence-electron chi connectivity index (χ3n) is 3.16. The minimum atomic E-state index is -0.996. The fourth-order valence-electron chi connectivity index (χ4n) is 2.22. The van der Waals surface area contributed by atoms with Crippen molar-refractivity contribution in [2.75, 3.05) is 13.2 Å². The van der Waals surface area contributed by atoms with E-state index in [2.05, 4.69) is 0 Å². The first-order valence-electron chi connectivity index (χ1n) is 5.67. The molecule has 0 bridgehead atoms. The normalized spacial score (nSPS) is 25.3. The Kier molecular flexibility index (Phi) is 2.62. The molecule has 17 heavy (non-hydrogen) atoms. The van der Waals surface area contributed by atoms with Crippen LogP contribution in [0.25, 0.3) is 11.0 Å². The van der Waals surface area contributed by atoms with E-state index < -0.39 is 5.60 Å². The molecule has 1 aliphatic heterocycles. The summed E-state index contributed by atoms with van der Waals surface area (Å²) in [5, 5.41) is 12.0. The van der Waals surface area contributed by atoms with Crippen LogP contribution in [0.15, 0.2) is 28.7 Å². The van der Waals surface area contributed by atoms with Gasteiger partial charge in [0, 0.05) is 17.0 Å². The number of hydrogen-bond donors (Lipinski definition) is 1. The Labute approximate surface area is 104 Å². The van der Waals surface area contributed by atoms with Crippen LogP contribution >= 0.6 is 11.6 Å². The molecule has 1 saturated heterocycles. The largest absolute Gasteiger partial charge is 0.458 e. The van der Waals surface area contributed by atoms with Crippen LogP contribution in [0, 0.1) is 0 Å².